The van der Waals surface area contributed by atoms with Crippen LogP contribution in [0.25, 0.3) is 10.9 Å². The van der Waals surface area contributed by atoms with Gasteiger partial charge in [-0.3, -0.25) is 4.79 Å². The highest BCUT2D eigenvalue weighted by Gasteiger charge is 2.41. The van der Waals surface area contributed by atoms with E-state index in [1.165, 1.54) is 0 Å². The number of morpholine rings is 1. The second kappa shape index (κ2) is 8.24. The molecule has 1 aromatic carbocycles. The zero-order chi connectivity index (χ0) is 22.1. The van der Waals surface area contributed by atoms with E-state index in [1.54, 1.807) is 12.4 Å². The van der Waals surface area contributed by atoms with Gasteiger partial charge in [0.25, 0.3) is 0 Å². The summed E-state index contributed by atoms with van der Waals surface area (Å²) in [4.78, 5) is 26.1. The number of nitrogens with zero attached hydrogens (tertiary/aromatic N) is 6. The van der Waals surface area contributed by atoms with Crippen LogP contribution in [-0.4, -0.2) is 63.7 Å². The Bertz CT molecular complexity index is 1170. The van der Waals surface area contributed by atoms with E-state index < -0.39 is 0 Å². The molecule has 0 N–H and O–H groups in total. The van der Waals surface area contributed by atoms with Crippen molar-refractivity contribution in [3.8, 4) is 6.07 Å². The molecule has 2 fully saturated rings. The van der Waals surface area contributed by atoms with E-state index in [4.69, 9.17) is 4.74 Å². The lowest BCUT2D eigenvalue weighted by molar-refractivity contribution is -0.154. The number of rotatable bonds is 3. The number of aromatic nitrogens is 3. The average molecular weight is 431 g/mol. The van der Waals surface area contributed by atoms with Gasteiger partial charge in [-0.25, -0.2) is 9.97 Å². The number of benzene rings is 1. The summed E-state index contributed by atoms with van der Waals surface area (Å²) in [6, 6.07) is 11.9. The van der Waals surface area contributed by atoms with Gasteiger partial charge in [0, 0.05) is 49.7 Å². The lowest BCUT2D eigenvalue weighted by atomic mass is 9.89. The molecular formula is C24H26N6O2. The Labute approximate surface area is 187 Å². The summed E-state index contributed by atoms with van der Waals surface area (Å²) in [5.74, 6) is 0.809. The first-order valence-electron chi connectivity index (χ1n) is 11.0. The Balaban J connectivity index is 1.30. The fraction of sp³-hybridized carbons (Fsp3) is 0.417. The number of hydrogen-bond acceptors (Lipinski definition) is 6. The molecule has 0 aliphatic carbocycles. The summed E-state index contributed by atoms with van der Waals surface area (Å²) in [7, 11) is 0. The van der Waals surface area contributed by atoms with Crippen LogP contribution in [0.3, 0.4) is 0 Å². The minimum atomic E-state index is -0.315. The zero-order valence-electron chi connectivity index (χ0n) is 18.2. The maximum Gasteiger partial charge on any atom is 0.242 e. The maximum absolute atomic E-state index is 13.3. The standard InChI is InChI=1S/C24H26N6O2/c1-18-20(15-25)19-5-2-3-6-21(19)30(18)16-22(31)29-13-14-32-24(17-29)7-11-28(12-8-24)23-26-9-4-10-27-23/h2-6,9-10H,7-8,11-14,16-17H2,1H3. The molecule has 2 aromatic heterocycles. The highest BCUT2D eigenvalue weighted by Crippen LogP contribution is 2.32. The van der Waals surface area contributed by atoms with Gasteiger partial charge in [0.2, 0.25) is 11.9 Å². The number of para-hydroxylation sites is 1. The largest absolute Gasteiger partial charge is 0.371 e. The van der Waals surface area contributed by atoms with Crippen LogP contribution >= 0.6 is 0 Å². The third-order valence-electron chi connectivity index (χ3n) is 6.75. The van der Waals surface area contributed by atoms with E-state index in [0.29, 0.717) is 25.3 Å². The molecule has 3 aromatic rings. The number of carbonyl (C=O) groups excluding carboxylic acids is 1. The minimum absolute atomic E-state index is 0.0647. The molecule has 164 valence electrons. The summed E-state index contributed by atoms with van der Waals surface area (Å²) in [5, 5.41) is 10.5. The van der Waals surface area contributed by atoms with Gasteiger partial charge in [-0.2, -0.15) is 5.26 Å². The molecule has 0 radical (unpaired) electrons. The van der Waals surface area contributed by atoms with Gasteiger partial charge in [0.15, 0.2) is 0 Å². The maximum atomic E-state index is 13.3. The van der Waals surface area contributed by atoms with E-state index in [2.05, 4.69) is 20.9 Å². The molecule has 2 aliphatic heterocycles. The van der Waals surface area contributed by atoms with Crippen molar-refractivity contribution < 1.29 is 9.53 Å². The number of anilines is 1. The quantitative estimate of drug-likeness (QED) is 0.635. The number of piperidine rings is 1. The second-order valence-electron chi connectivity index (χ2n) is 8.56. The Kier molecular flexibility index (Phi) is 5.27. The van der Waals surface area contributed by atoms with Crippen molar-refractivity contribution in [2.24, 2.45) is 0 Å². The molecule has 0 unspecified atom stereocenters. The molecule has 0 saturated carbocycles. The highest BCUT2D eigenvalue weighted by molar-refractivity contribution is 5.89. The normalized spacial score (nSPS) is 18.1. The number of nitriles is 1. The Morgan fingerprint density at radius 2 is 1.91 bits per heavy atom. The Morgan fingerprint density at radius 1 is 1.16 bits per heavy atom. The molecule has 5 rings (SSSR count). The molecule has 8 nitrogen and oxygen atoms in total. The van der Waals surface area contributed by atoms with Crippen molar-refractivity contribution in [1.82, 2.24) is 19.4 Å². The van der Waals surface area contributed by atoms with Gasteiger partial charge >= 0.3 is 0 Å². The minimum Gasteiger partial charge on any atom is -0.371 e. The number of fused-ring (bicyclic) bond motifs is 1. The summed E-state index contributed by atoms with van der Waals surface area (Å²) in [6.07, 6.45) is 5.18. The monoisotopic (exact) mass is 430 g/mol. The molecule has 4 heterocycles. The molecule has 8 heteroatoms. The third-order valence-corrected chi connectivity index (χ3v) is 6.75. The van der Waals surface area contributed by atoms with Gasteiger partial charge in [-0.15, -0.1) is 0 Å². The summed E-state index contributed by atoms with van der Waals surface area (Å²) < 4.78 is 8.19. The topological polar surface area (TPSA) is 87.3 Å². The summed E-state index contributed by atoms with van der Waals surface area (Å²) >= 11 is 0. The van der Waals surface area contributed by atoms with Crippen molar-refractivity contribution in [3.63, 3.8) is 0 Å². The van der Waals surface area contributed by atoms with Crippen molar-refractivity contribution >= 4 is 22.8 Å². The van der Waals surface area contributed by atoms with Crippen LogP contribution in [0.15, 0.2) is 42.7 Å². The van der Waals surface area contributed by atoms with E-state index in [0.717, 1.165) is 48.5 Å². The van der Waals surface area contributed by atoms with Crippen LogP contribution in [0.4, 0.5) is 5.95 Å². The first kappa shape index (κ1) is 20.5. The van der Waals surface area contributed by atoms with Crippen molar-refractivity contribution in [2.45, 2.75) is 31.9 Å². The van der Waals surface area contributed by atoms with Gasteiger partial charge in [-0.1, -0.05) is 18.2 Å². The van der Waals surface area contributed by atoms with E-state index in [9.17, 15) is 10.1 Å². The van der Waals surface area contributed by atoms with E-state index >= 15 is 0 Å². The van der Waals surface area contributed by atoms with E-state index in [-0.39, 0.29) is 18.1 Å². The van der Waals surface area contributed by atoms with Crippen molar-refractivity contribution in [2.75, 3.05) is 37.7 Å². The van der Waals surface area contributed by atoms with E-state index in [1.807, 2.05) is 46.7 Å². The SMILES string of the molecule is Cc1c(C#N)c2ccccc2n1CC(=O)N1CCOC2(CCN(c3ncccn3)CC2)C1. The zero-order valence-corrected chi connectivity index (χ0v) is 18.2. The first-order valence-corrected chi connectivity index (χ1v) is 11.0. The lowest BCUT2D eigenvalue weighted by Gasteiger charge is -2.47. The number of carbonyl (C=O) groups is 1. The average Bonchev–Trinajstić information content (AvgIpc) is 3.10. The van der Waals surface area contributed by atoms with Crippen molar-refractivity contribution in [1.29, 1.82) is 5.26 Å². The second-order valence-corrected chi connectivity index (χ2v) is 8.56. The fourth-order valence-electron chi connectivity index (χ4n) is 4.94. The Hall–Kier alpha value is -3.44. The van der Waals surface area contributed by atoms with Crippen LogP contribution in [-0.2, 0) is 16.1 Å². The van der Waals surface area contributed by atoms with Gasteiger partial charge in [0.1, 0.15) is 12.6 Å². The fourth-order valence-corrected chi connectivity index (χ4v) is 4.94. The molecule has 32 heavy (non-hydrogen) atoms. The summed E-state index contributed by atoms with van der Waals surface area (Å²) in [6.45, 7) is 5.48. The first-order chi connectivity index (χ1) is 15.6. The molecule has 2 saturated heterocycles. The van der Waals surface area contributed by atoms with Gasteiger partial charge < -0.3 is 19.1 Å². The van der Waals surface area contributed by atoms with Crippen LogP contribution in [0, 0.1) is 18.3 Å². The smallest absolute Gasteiger partial charge is 0.242 e. The molecule has 1 amide bonds. The lowest BCUT2D eigenvalue weighted by Crippen LogP contribution is -2.58. The van der Waals surface area contributed by atoms with Crippen LogP contribution in [0.5, 0.6) is 0 Å². The predicted octanol–water partition coefficient (Wildman–Crippen LogP) is 2.51. The van der Waals surface area contributed by atoms with Crippen LogP contribution in [0.1, 0.15) is 24.1 Å². The number of hydrogen-bond donors (Lipinski definition) is 0. The molecule has 1 spiro atoms. The van der Waals surface area contributed by atoms with Crippen LogP contribution in [0.2, 0.25) is 0 Å². The third kappa shape index (κ3) is 3.59. The summed E-state index contributed by atoms with van der Waals surface area (Å²) in [5.41, 5.74) is 2.09. The predicted molar refractivity (Wildman–Crippen MR) is 120 cm³/mol. The van der Waals surface area contributed by atoms with Crippen LogP contribution < -0.4 is 4.90 Å². The number of amides is 1. The molecular weight excluding hydrogens is 404 g/mol. The Morgan fingerprint density at radius 3 is 2.66 bits per heavy atom. The molecule has 2 aliphatic rings. The molecule has 0 bridgehead atoms. The van der Waals surface area contributed by atoms with Crippen molar-refractivity contribution in [3.05, 3.63) is 54.0 Å². The number of ether oxygens (including phenoxy) is 1. The van der Waals surface area contributed by atoms with Gasteiger partial charge in [-0.05, 0) is 31.9 Å². The van der Waals surface area contributed by atoms with Gasteiger partial charge in [0.05, 0.1) is 23.3 Å². The highest BCUT2D eigenvalue weighted by atomic mass is 16.5. The molecule has 0 atom stereocenters.